The quantitative estimate of drug-likeness (QED) is 0.457. The van der Waals surface area contributed by atoms with Crippen LogP contribution in [0.4, 0.5) is 5.69 Å². The summed E-state index contributed by atoms with van der Waals surface area (Å²) in [7, 11) is -2.27. The number of sulfonamides is 1. The number of ether oxygens (including phenoxy) is 1. The van der Waals surface area contributed by atoms with Crippen molar-refractivity contribution in [2.75, 3.05) is 30.8 Å². The molecule has 8 nitrogen and oxygen atoms in total. The van der Waals surface area contributed by atoms with Crippen LogP contribution in [0.15, 0.2) is 48.5 Å². The Balaban J connectivity index is 2.44. The van der Waals surface area contributed by atoms with Gasteiger partial charge in [-0.1, -0.05) is 50.6 Å². The van der Waals surface area contributed by atoms with E-state index in [9.17, 15) is 18.0 Å². The number of nitrogens with one attached hydrogen (secondary N) is 1. The zero-order valence-corrected chi connectivity index (χ0v) is 22.4. The first-order chi connectivity index (χ1) is 16.5. The predicted octanol–water partition coefficient (Wildman–Crippen LogP) is 3.69. The van der Waals surface area contributed by atoms with E-state index in [4.69, 9.17) is 16.3 Å². The molecule has 192 valence electrons. The Hall–Kier alpha value is -2.78. The van der Waals surface area contributed by atoms with Crippen LogP contribution in [0.25, 0.3) is 0 Å². The van der Waals surface area contributed by atoms with Gasteiger partial charge in [-0.05, 0) is 48.2 Å². The molecule has 2 aromatic rings. The van der Waals surface area contributed by atoms with Crippen LogP contribution in [0, 0.1) is 5.92 Å². The number of anilines is 1. The molecule has 1 atom stereocenters. The van der Waals surface area contributed by atoms with E-state index in [1.165, 1.54) is 11.0 Å². The van der Waals surface area contributed by atoms with Gasteiger partial charge in [-0.25, -0.2) is 8.42 Å². The molecule has 0 radical (unpaired) electrons. The lowest BCUT2D eigenvalue weighted by Gasteiger charge is -2.33. The van der Waals surface area contributed by atoms with Crippen LogP contribution in [-0.4, -0.2) is 57.6 Å². The zero-order chi connectivity index (χ0) is 26.2. The number of rotatable bonds is 12. The standard InChI is InChI=1S/C25H34ClN3O5S/c1-6-23(25(31)27-15-18(2)3)28(16-19-9-7-12-22(13-19)34-4)24(30)17-29(35(5,32)33)21-11-8-10-20(26)14-21/h7-14,18,23H,6,15-17H2,1-5H3,(H,27,31). The number of amides is 2. The lowest BCUT2D eigenvalue weighted by atomic mass is 10.1. The van der Waals surface area contributed by atoms with E-state index < -0.39 is 28.5 Å². The average molecular weight is 524 g/mol. The van der Waals surface area contributed by atoms with E-state index in [0.717, 1.165) is 16.1 Å². The summed E-state index contributed by atoms with van der Waals surface area (Å²) in [5.41, 5.74) is 1.02. The fraction of sp³-hybridized carbons (Fsp3) is 0.440. The lowest BCUT2D eigenvalue weighted by Crippen LogP contribution is -2.52. The second-order valence-corrected chi connectivity index (χ2v) is 11.0. The van der Waals surface area contributed by atoms with Crippen LogP contribution in [0.5, 0.6) is 5.75 Å². The molecule has 0 spiro atoms. The number of hydrogen-bond acceptors (Lipinski definition) is 5. The highest BCUT2D eigenvalue weighted by atomic mass is 35.5. The minimum atomic E-state index is -3.81. The SMILES string of the molecule is CCC(C(=O)NCC(C)C)N(Cc1cccc(OC)c1)C(=O)CN(c1cccc(Cl)c1)S(C)(=O)=O. The number of nitrogens with zero attached hydrogens (tertiary/aromatic N) is 2. The molecule has 0 fully saturated rings. The van der Waals surface area contributed by atoms with Crippen LogP contribution >= 0.6 is 11.6 Å². The predicted molar refractivity (Wildman–Crippen MR) is 139 cm³/mol. The highest BCUT2D eigenvalue weighted by Gasteiger charge is 2.31. The van der Waals surface area contributed by atoms with Crippen LogP contribution < -0.4 is 14.4 Å². The summed E-state index contributed by atoms with van der Waals surface area (Å²) in [6.07, 6.45) is 1.38. The van der Waals surface area contributed by atoms with E-state index in [-0.39, 0.29) is 24.1 Å². The highest BCUT2D eigenvalue weighted by Crippen LogP contribution is 2.23. The van der Waals surface area contributed by atoms with E-state index >= 15 is 0 Å². The van der Waals surface area contributed by atoms with Crippen molar-refractivity contribution in [1.29, 1.82) is 0 Å². The minimum absolute atomic E-state index is 0.108. The van der Waals surface area contributed by atoms with E-state index in [2.05, 4.69) is 5.32 Å². The Labute approximate surface area is 213 Å². The normalized spacial score (nSPS) is 12.2. The van der Waals surface area contributed by atoms with E-state index in [1.54, 1.807) is 43.5 Å². The second-order valence-electron chi connectivity index (χ2n) is 8.69. The zero-order valence-electron chi connectivity index (χ0n) is 20.8. The largest absolute Gasteiger partial charge is 0.497 e. The Kier molecular flexibility index (Phi) is 10.4. The summed E-state index contributed by atoms with van der Waals surface area (Å²) in [4.78, 5) is 28.1. The molecule has 0 saturated heterocycles. The molecule has 0 aliphatic rings. The van der Waals surface area contributed by atoms with Crippen molar-refractivity contribution in [3.05, 3.63) is 59.1 Å². The monoisotopic (exact) mass is 523 g/mol. The summed E-state index contributed by atoms with van der Waals surface area (Å²) >= 11 is 6.07. The molecule has 0 saturated carbocycles. The van der Waals surface area contributed by atoms with Gasteiger partial charge in [0.25, 0.3) is 0 Å². The molecule has 0 aromatic heterocycles. The molecule has 1 N–H and O–H groups in total. The molecule has 0 heterocycles. The molecule has 35 heavy (non-hydrogen) atoms. The lowest BCUT2D eigenvalue weighted by molar-refractivity contribution is -0.140. The maximum Gasteiger partial charge on any atom is 0.244 e. The van der Waals surface area contributed by atoms with Crippen molar-refractivity contribution < 1.29 is 22.7 Å². The Bertz CT molecular complexity index is 1120. The van der Waals surface area contributed by atoms with Gasteiger partial charge in [0.1, 0.15) is 18.3 Å². The first kappa shape index (κ1) is 28.5. The second kappa shape index (κ2) is 12.8. The highest BCUT2D eigenvalue weighted by molar-refractivity contribution is 7.92. The first-order valence-electron chi connectivity index (χ1n) is 11.4. The number of hydrogen-bond donors (Lipinski definition) is 1. The average Bonchev–Trinajstić information content (AvgIpc) is 2.80. The third-order valence-electron chi connectivity index (χ3n) is 5.33. The number of carbonyl (C=O) groups excluding carboxylic acids is 2. The van der Waals surface area contributed by atoms with Crippen molar-refractivity contribution in [1.82, 2.24) is 10.2 Å². The van der Waals surface area contributed by atoms with Crippen LogP contribution in [-0.2, 0) is 26.2 Å². The minimum Gasteiger partial charge on any atom is -0.497 e. The maximum atomic E-state index is 13.6. The topological polar surface area (TPSA) is 96.0 Å². The van der Waals surface area contributed by atoms with Crippen LogP contribution in [0.2, 0.25) is 5.02 Å². The van der Waals surface area contributed by atoms with Crippen molar-refractivity contribution in [2.45, 2.75) is 39.8 Å². The van der Waals surface area contributed by atoms with Gasteiger partial charge in [0.05, 0.1) is 19.1 Å². The first-order valence-corrected chi connectivity index (χ1v) is 13.6. The molecule has 0 aliphatic heterocycles. The Morgan fingerprint density at radius 2 is 1.80 bits per heavy atom. The molecule has 2 amide bonds. The molecule has 0 aliphatic carbocycles. The molecule has 0 bridgehead atoms. The molecule has 1 unspecified atom stereocenters. The van der Waals surface area contributed by atoms with Crippen molar-refractivity contribution in [3.8, 4) is 5.75 Å². The van der Waals surface area contributed by atoms with Crippen molar-refractivity contribution >= 4 is 39.1 Å². The van der Waals surface area contributed by atoms with Gasteiger partial charge in [0, 0.05) is 18.1 Å². The molecule has 2 aromatic carbocycles. The fourth-order valence-corrected chi connectivity index (χ4v) is 4.58. The third kappa shape index (κ3) is 8.43. The number of carbonyl (C=O) groups is 2. The molecular formula is C25H34ClN3O5S. The Morgan fingerprint density at radius 1 is 1.11 bits per heavy atom. The molecule has 2 rings (SSSR count). The third-order valence-corrected chi connectivity index (χ3v) is 6.71. The van der Waals surface area contributed by atoms with Gasteiger partial charge >= 0.3 is 0 Å². The fourth-order valence-electron chi connectivity index (χ4n) is 3.55. The summed E-state index contributed by atoms with van der Waals surface area (Å²) in [5.74, 6) is 0.0577. The van der Waals surface area contributed by atoms with Gasteiger partial charge < -0.3 is 15.0 Å². The maximum absolute atomic E-state index is 13.6. The van der Waals surface area contributed by atoms with Crippen LogP contribution in [0.3, 0.4) is 0 Å². The number of methoxy groups -OCH3 is 1. The van der Waals surface area contributed by atoms with E-state index in [0.29, 0.717) is 23.7 Å². The summed E-state index contributed by atoms with van der Waals surface area (Å²) in [6.45, 7) is 5.88. The smallest absolute Gasteiger partial charge is 0.244 e. The van der Waals surface area contributed by atoms with Crippen molar-refractivity contribution in [3.63, 3.8) is 0 Å². The number of benzene rings is 2. The van der Waals surface area contributed by atoms with Gasteiger partial charge in [-0.2, -0.15) is 0 Å². The number of halogens is 1. The Morgan fingerprint density at radius 3 is 2.37 bits per heavy atom. The van der Waals surface area contributed by atoms with Gasteiger partial charge in [-0.3, -0.25) is 13.9 Å². The summed E-state index contributed by atoms with van der Waals surface area (Å²) in [6, 6.07) is 12.7. The molecule has 10 heteroatoms. The van der Waals surface area contributed by atoms with Crippen LogP contribution in [0.1, 0.15) is 32.8 Å². The van der Waals surface area contributed by atoms with Gasteiger partial charge in [0.2, 0.25) is 21.8 Å². The van der Waals surface area contributed by atoms with Crippen molar-refractivity contribution in [2.24, 2.45) is 5.92 Å². The summed E-state index contributed by atoms with van der Waals surface area (Å²) in [5, 5.41) is 3.24. The summed E-state index contributed by atoms with van der Waals surface area (Å²) < 4.78 is 31.5. The van der Waals surface area contributed by atoms with Gasteiger partial charge in [0.15, 0.2) is 0 Å². The van der Waals surface area contributed by atoms with E-state index in [1.807, 2.05) is 26.8 Å². The molecular weight excluding hydrogens is 490 g/mol. The van der Waals surface area contributed by atoms with Gasteiger partial charge in [-0.15, -0.1) is 0 Å².